The second kappa shape index (κ2) is 6.82. The van der Waals surface area contributed by atoms with E-state index in [1.54, 1.807) is 18.2 Å². The number of nitrogens with one attached hydrogen (secondary N) is 2. The van der Waals surface area contributed by atoms with Crippen molar-refractivity contribution in [1.82, 2.24) is 19.8 Å². The summed E-state index contributed by atoms with van der Waals surface area (Å²) in [6.45, 7) is 0.562. The molecule has 1 aromatic carbocycles. The highest BCUT2D eigenvalue weighted by Gasteiger charge is 2.37. The number of rotatable bonds is 6. The van der Waals surface area contributed by atoms with Gasteiger partial charge in [0.2, 0.25) is 0 Å². The molecule has 26 heavy (non-hydrogen) atoms. The molecule has 136 valence electrons. The summed E-state index contributed by atoms with van der Waals surface area (Å²) in [7, 11) is 0. The van der Waals surface area contributed by atoms with Crippen LogP contribution in [0.25, 0.3) is 5.65 Å². The third-order valence-corrected chi connectivity index (χ3v) is 3.36. The van der Waals surface area contributed by atoms with Crippen LogP contribution >= 0.6 is 0 Å². The van der Waals surface area contributed by atoms with Gasteiger partial charge in [0.25, 0.3) is 11.5 Å². The summed E-state index contributed by atoms with van der Waals surface area (Å²) >= 11 is 0. The largest absolute Gasteiger partial charge is 0.453 e. The Morgan fingerprint density at radius 3 is 2.54 bits per heavy atom. The minimum absolute atomic E-state index is 0.0269. The molecule has 0 aliphatic heterocycles. The maximum Gasteiger partial charge on any atom is 0.453 e. The van der Waals surface area contributed by atoms with E-state index in [2.05, 4.69) is 25.9 Å². The molecule has 0 fully saturated rings. The highest BCUT2D eigenvalue weighted by atomic mass is 19.4. The molecule has 12 heteroatoms. The van der Waals surface area contributed by atoms with E-state index < -0.39 is 16.9 Å². The van der Waals surface area contributed by atoms with Crippen LogP contribution in [0.1, 0.15) is 5.82 Å². The molecule has 0 aliphatic carbocycles. The summed E-state index contributed by atoms with van der Waals surface area (Å²) < 4.78 is 39.1. The van der Waals surface area contributed by atoms with E-state index >= 15 is 0 Å². The number of fused-ring (bicyclic) bond motifs is 1. The maximum atomic E-state index is 12.8. The third-order valence-electron chi connectivity index (χ3n) is 3.36. The van der Waals surface area contributed by atoms with Gasteiger partial charge < -0.3 is 10.6 Å². The molecule has 0 unspecified atom stereocenters. The normalized spacial score (nSPS) is 11.5. The summed E-state index contributed by atoms with van der Waals surface area (Å²) in [5, 5.41) is 27.0. The molecule has 9 nitrogen and oxygen atoms in total. The molecule has 2 aromatic heterocycles. The van der Waals surface area contributed by atoms with Crippen LogP contribution in [0.2, 0.25) is 0 Å². The van der Waals surface area contributed by atoms with E-state index in [9.17, 15) is 23.3 Å². The zero-order valence-electron chi connectivity index (χ0n) is 13.1. The number of halogens is 3. The molecule has 0 saturated heterocycles. The van der Waals surface area contributed by atoms with Gasteiger partial charge in [-0.25, -0.2) is 0 Å². The fraction of sp³-hybridized carbons (Fsp3) is 0.214. The second-order valence-corrected chi connectivity index (χ2v) is 5.14. The lowest BCUT2D eigenvalue weighted by atomic mass is 10.2. The molecule has 0 spiro atoms. The van der Waals surface area contributed by atoms with Crippen LogP contribution in [-0.4, -0.2) is 37.8 Å². The van der Waals surface area contributed by atoms with Gasteiger partial charge in [0.15, 0.2) is 5.65 Å². The van der Waals surface area contributed by atoms with Gasteiger partial charge in [-0.2, -0.15) is 17.7 Å². The molecular formula is C14H12F3N7O2. The summed E-state index contributed by atoms with van der Waals surface area (Å²) in [5.41, 5.74) is 0.258. The number of alkyl halides is 3. The van der Waals surface area contributed by atoms with Gasteiger partial charge in [-0.3, -0.25) is 10.1 Å². The molecule has 3 rings (SSSR count). The number of aromatic nitrogens is 4. The van der Waals surface area contributed by atoms with Gasteiger partial charge in [-0.1, -0.05) is 12.1 Å². The zero-order valence-corrected chi connectivity index (χ0v) is 13.1. The molecule has 0 saturated carbocycles. The molecular weight excluding hydrogens is 355 g/mol. The van der Waals surface area contributed by atoms with Crippen molar-refractivity contribution in [2.75, 3.05) is 23.7 Å². The first-order valence-electron chi connectivity index (χ1n) is 7.37. The van der Waals surface area contributed by atoms with Crippen molar-refractivity contribution < 1.29 is 18.1 Å². The molecule has 2 N–H and O–H groups in total. The Morgan fingerprint density at radius 2 is 1.81 bits per heavy atom. The highest BCUT2D eigenvalue weighted by molar-refractivity contribution is 5.61. The lowest BCUT2D eigenvalue weighted by Gasteiger charge is -2.09. The number of nitrogens with zero attached hydrogens (tertiary/aromatic N) is 5. The van der Waals surface area contributed by atoms with Crippen LogP contribution in [0.3, 0.4) is 0 Å². The molecule has 0 radical (unpaired) electrons. The van der Waals surface area contributed by atoms with Gasteiger partial charge in [0, 0.05) is 19.2 Å². The summed E-state index contributed by atoms with van der Waals surface area (Å²) in [4.78, 5) is 10.4. The standard InChI is InChI=1S/C14H12F3N7O2/c15-14(16,17)13-21-20-12-6-5-11(22-23(12)13)19-8-7-18-9-3-1-2-4-10(9)24(25)26/h1-6,18H,7-8H2,(H,19,22). The topological polar surface area (TPSA) is 110 Å². The van der Waals surface area contributed by atoms with Crippen LogP contribution in [0.15, 0.2) is 36.4 Å². The van der Waals surface area contributed by atoms with Crippen molar-refractivity contribution in [3.05, 3.63) is 52.3 Å². The Labute approximate surface area is 144 Å². The maximum absolute atomic E-state index is 12.8. The number of anilines is 2. The van der Waals surface area contributed by atoms with Crippen LogP contribution < -0.4 is 10.6 Å². The fourth-order valence-corrected chi connectivity index (χ4v) is 2.23. The van der Waals surface area contributed by atoms with Crippen molar-refractivity contribution in [1.29, 1.82) is 0 Å². The third kappa shape index (κ3) is 3.63. The van der Waals surface area contributed by atoms with Gasteiger partial charge in [-0.15, -0.1) is 15.3 Å². The van der Waals surface area contributed by atoms with Crippen LogP contribution in [0, 0.1) is 10.1 Å². The lowest BCUT2D eigenvalue weighted by molar-refractivity contribution is -0.384. The molecule has 0 amide bonds. The Balaban J connectivity index is 1.65. The second-order valence-electron chi connectivity index (χ2n) is 5.14. The first kappa shape index (κ1) is 17.4. The first-order chi connectivity index (χ1) is 12.4. The monoisotopic (exact) mass is 367 g/mol. The first-order valence-corrected chi connectivity index (χ1v) is 7.37. The fourth-order valence-electron chi connectivity index (χ4n) is 2.23. The van der Waals surface area contributed by atoms with Crippen LogP contribution in [0.5, 0.6) is 0 Å². The Hall–Kier alpha value is -3.44. The number of para-hydroxylation sites is 2. The van der Waals surface area contributed by atoms with E-state index in [4.69, 9.17) is 0 Å². The van der Waals surface area contributed by atoms with Crippen molar-refractivity contribution in [2.24, 2.45) is 0 Å². The van der Waals surface area contributed by atoms with Gasteiger partial charge in [-0.05, 0) is 18.2 Å². The summed E-state index contributed by atoms with van der Waals surface area (Å²) in [6.07, 6.45) is -4.67. The summed E-state index contributed by atoms with van der Waals surface area (Å²) in [5.74, 6) is -1.03. The average Bonchev–Trinajstić information content (AvgIpc) is 3.02. The molecule has 0 atom stereocenters. The number of nitro benzene ring substituents is 1. The Bertz CT molecular complexity index is 942. The van der Waals surface area contributed by atoms with E-state index in [0.29, 0.717) is 16.7 Å². The number of hydrogen-bond acceptors (Lipinski definition) is 7. The SMILES string of the molecule is O=[N+]([O-])c1ccccc1NCCNc1ccc2nnc(C(F)(F)F)n2n1. The number of benzene rings is 1. The van der Waals surface area contributed by atoms with E-state index in [1.807, 2.05) is 0 Å². The predicted molar refractivity (Wildman–Crippen MR) is 85.9 cm³/mol. The minimum atomic E-state index is -4.67. The Morgan fingerprint density at radius 1 is 1.08 bits per heavy atom. The molecule has 0 bridgehead atoms. The van der Waals surface area contributed by atoms with Crippen LogP contribution in [0.4, 0.5) is 30.4 Å². The smallest absolute Gasteiger partial charge is 0.378 e. The molecule has 2 heterocycles. The van der Waals surface area contributed by atoms with E-state index in [-0.39, 0.29) is 23.7 Å². The van der Waals surface area contributed by atoms with Gasteiger partial charge >= 0.3 is 6.18 Å². The predicted octanol–water partition coefficient (Wildman–Crippen LogP) is 2.58. The van der Waals surface area contributed by atoms with Crippen molar-refractivity contribution >= 4 is 22.8 Å². The van der Waals surface area contributed by atoms with Crippen molar-refractivity contribution in [3.63, 3.8) is 0 Å². The highest BCUT2D eigenvalue weighted by Crippen LogP contribution is 2.27. The van der Waals surface area contributed by atoms with Gasteiger partial charge in [0.05, 0.1) is 4.92 Å². The van der Waals surface area contributed by atoms with Gasteiger partial charge in [0.1, 0.15) is 11.5 Å². The van der Waals surface area contributed by atoms with Crippen molar-refractivity contribution in [3.8, 4) is 0 Å². The zero-order chi connectivity index (χ0) is 18.7. The van der Waals surface area contributed by atoms with Crippen LogP contribution in [-0.2, 0) is 6.18 Å². The molecule has 0 aliphatic rings. The summed E-state index contributed by atoms with van der Waals surface area (Å²) in [6, 6.07) is 8.97. The Kier molecular flexibility index (Phi) is 4.56. The van der Waals surface area contributed by atoms with E-state index in [0.717, 1.165) is 0 Å². The van der Waals surface area contributed by atoms with E-state index in [1.165, 1.54) is 18.2 Å². The molecule has 3 aromatic rings. The average molecular weight is 367 g/mol. The number of nitro groups is 1. The lowest BCUT2D eigenvalue weighted by Crippen LogP contribution is -2.17. The minimum Gasteiger partial charge on any atom is -0.378 e. The quantitative estimate of drug-likeness (QED) is 0.391. The van der Waals surface area contributed by atoms with Crippen molar-refractivity contribution in [2.45, 2.75) is 6.18 Å². The number of hydrogen-bond donors (Lipinski definition) is 2.